The quantitative estimate of drug-likeness (QED) is 0.677. The van der Waals surface area contributed by atoms with Crippen LogP contribution in [0.4, 0.5) is 0 Å². The first-order valence-electron chi connectivity index (χ1n) is 3.72. The first-order chi connectivity index (χ1) is 4.50. The number of hydrogen-bond donors (Lipinski definition) is 0. The van der Waals surface area contributed by atoms with E-state index in [1.54, 1.807) is 0 Å². The molecule has 0 bridgehead atoms. The molecule has 0 N–H and O–H groups in total. The SMILES string of the molecule is C=[C-]C(C)(C)N(C)C.CC.[CH3-].[Y]. The van der Waals surface area contributed by atoms with Crippen molar-refractivity contribution in [3.05, 3.63) is 20.1 Å². The third-order valence-corrected chi connectivity index (χ3v) is 1.55. The minimum atomic E-state index is 0. The van der Waals surface area contributed by atoms with E-state index in [2.05, 4.69) is 31.4 Å². The van der Waals surface area contributed by atoms with Crippen LogP contribution in [0, 0.1) is 13.5 Å². The molecule has 1 nitrogen and oxygen atoms in total. The molecule has 0 aromatic rings. The second-order valence-corrected chi connectivity index (χ2v) is 2.63. The van der Waals surface area contributed by atoms with Crippen LogP contribution in [0.5, 0.6) is 0 Å². The van der Waals surface area contributed by atoms with Gasteiger partial charge in [0.15, 0.2) is 0 Å². The van der Waals surface area contributed by atoms with E-state index in [-0.39, 0.29) is 45.7 Å². The zero-order chi connectivity index (χ0) is 8.78. The minimum Gasteiger partial charge on any atom is -0.483 e. The molecule has 0 amide bonds. The van der Waals surface area contributed by atoms with Crippen LogP contribution in [0.1, 0.15) is 27.7 Å². The Morgan fingerprint density at radius 1 is 1.17 bits per heavy atom. The van der Waals surface area contributed by atoms with Crippen LogP contribution < -0.4 is 0 Å². The van der Waals surface area contributed by atoms with E-state index in [0.29, 0.717) is 0 Å². The molecule has 2 heteroatoms. The summed E-state index contributed by atoms with van der Waals surface area (Å²) < 4.78 is 0. The van der Waals surface area contributed by atoms with Gasteiger partial charge in [-0.25, -0.2) is 0 Å². The average molecular weight is 246 g/mol. The third-order valence-electron chi connectivity index (χ3n) is 1.55. The summed E-state index contributed by atoms with van der Waals surface area (Å²) in [6.45, 7) is 11.7. The molecule has 0 aliphatic carbocycles. The van der Waals surface area contributed by atoms with Gasteiger partial charge in [-0.15, -0.1) is 5.54 Å². The molecule has 1 radical (unpaired) electrons. The molecule has 73 valence electrons. The number of nitrogens with zero attached hydrogens (tertiary/aromatic N) is 1. The van der Waals surface area contributed by atoms with Gasteiger partial charge in [-0.1, -0.05) is 27.7 Å². The van der Waals surface area contributed by atoms with Crippen molar-refractivity contribution in [2.24, 2.45) is 0 Å². The molecule has 0 saturated carbocycles. The van der Waals surface area contributed by atoms with Gasteiger partial charge in [-0.3, -0.25) is 6.58 Å². The monoisotopic (exact) mass is 246 g/mol. The summed E-state index contributed by atoms with van der Waals surface area (Å²) in [5, 5.41) is 0. The average Bonchev–Trinajstić information content (AvgIpc) is 1.92. The van der Waals surface area contributed by atoms with Crippen molar-refractivity contribution in [3.63, 3.8) is 0 Å². The van der Waals surface area contributed by atoms with Gasteiger partial charge in [0.2, 0.25) is 0 Å². The molecule has 0 aliphatic heterocycles. The number of hydrogen-bond acceptors (Lipinski definition) is 1. The molecule has 0 unspecified atom stereocenters. The molecule has 0 heterocycles. The fraction of sp³-hybridized carbons (Fsp3) is 0.700. The molecule has 0 spiro atoms. The van der Waals surface area contributed by atoms with Crippen LogP contribution in [0.2, 0.25) is 0 Å². The maximum atomic E-state index is 3.59. The normalized spacial score (nSPS) is 8.58. The zero-order valence-electron chi connectivity index (χ0n) is 9.73. The number of likely N-dealkylation sites (N-methyl/N-ethyl adjacent to an activating group) is 1. The Kier molecular flexibility index (Phi) is 22.6. The smallest absolute Gasteiger partial charge is 0 e. The van der Waals surface area contributed by atoms with Crippen LogP contribution >= 0.6 is 0 Å². The van der Waals surface area contributed by atoms with Crippen molar-refractivity contribution < 1.29 is 32.7 Å². The van der Waals surface area contributed by atoms with Gasteiger partial charge in [0.1, 0.15) is 0 Å². The molecule has 12 heavy (non-hydrogen) atoms. The van der Waals surface area contributed by atoms with Crippen molar-refractivity contribution in [1.29, 1.82) is 0 Å². The molecule has 0 aliphatic rings. The predicted molar refractivity (Wildman–Crippen MR) is 54.4 cm³/mol. The molecular formula is C10H23NY-2. The van der Waals surface area contributed by atoms with E-state index in [1.165, 1.54) is 0 Å². The molecule has 0 fully saturated rings. The van der Waals surface area contributed by atoms with E-state index >= 15 is 0 Å². The predicted octanol–water partition coefficient (Wildman–Crippen LogP) is 2.79. The van der Waals surface area contributed by atoms with Gasteiger partial charge in [0, 0.05) is 32.7 Å². The van der Waals surface area contributed by atoms with Crippen molar-refractivity contribution >= 4 is 0 Å². The minimum absolute atomic E-state index is 0. The second-order valence-electron chi connectivity index (χ2n) is 2.63. The van der Waals surface area contributed by atoms with Crippen LogP contribution in [-0.4, -0.2) is 24.5 Å². The molecule has 0 atom stereocenters. The Hall–Kier alpha value is 0.804. The van der Waals surface area contributed by atoms with Gasteiger partial charge in [0.25, 0.3) is 0 Å². The van der Waals surface area contributed by atoms with Gasteiger partial charge in [-0.2, -0.15) is 0 Å². The second kappa shape index (κ2) is 11.8. The maximum Gasteiger partial charge on any atom is 0 e. The van der Waals surface area contributed by atoms with Crippen LogP contribution in [0.3, 0.4) is 0 Å². The summed E-state index contributed by atoms with van der Waals surface area (Å²) in [5.41, 5.74) is 0.0139. The van der Waals surface area contributed by atoms with Crippen LogP contribution in [0.15, 0.2) is 6.58 Å². The molecule has 0 saturated heterocycles. The Morgan fingerprint density at radius 3 is 1.42 bits per heavy atom. The fourth-order valence-corrected chi connectivity index (χ4v) is 0.158. The van der Waals surface area contributed by atoms with E-state index in [9.17, 15) is 0 Å². The Morgan fingerprint density at radius 2 is 1.42 bits per heavy atom. The van der Waals surface area contributed by atoms with Crippen LogP contribution in [0.25, 0.3) is 0 Å². The van der Waals surface area contributed by atoms with Gasteiger partial charge >= 0.3 is 0 Å². The Bertz CT molecular complexity index is 87.8. The molecule has 0 rings (SSSR count). The third kappa shape index (κ3) is 10.8. The maximum absolute atomic E-state index is 3.59. The topological polar surface area (TPSA) is 3.24 Å². The first kappa shape index (κ1) is 23.0. The Balaban J connectivity index is -0.0000000740. The molecule has 0 aromatic heterocycles. The Labute approximate surface area is 104 Å². The first-order valence-corrected chi connectivity index (χ1v) is 3.72. The summed E-state index contributed by atoms with van der Waals surface area (Å²) in [7, 11) is 4.02. The van der Waals surface area contributed by atoms with E-state index in [0.717, 1.165) is 0 Å². The standard InChI is InChI=1S/C7H14N.C2H6.CH3.Y/c1-6-7(2,3)8(4)5;1-2;;/h1H2,2-5H3;1-2H3;1H3;/q-1;;-1;. The summed E-state index contributed by atoms with van der Waals surface area (Å²) in [6, 6.07) is 0. The van der Waals surface area contributed by atoms with Crippen molar-refractivity contribution in [2.75, 3.05) is 14.1 Å². The van der Waals surface area contributed by atoms with E-state index < -0.39 is 0 Å². The zero-order valence-corrected chi connectivity index (χ0v) is 12.6. The molecule has 0 aromatic carbocycles. The summed E-state index contributed by atoms with van der Waals surface area (Å²) >= 11 is 0. The van der Waals surface area contributed by atoms with Gasteiger partial charge in [0.05, 0.1) is 0 Å². The summed E-state index contributed by atoms with van der Waals surface area (Å²) in [6.07, 6.45) is 2.92. The number of rotatable bonds is 2. The van der Waals surface area contributed by atoms with Gasteiger partial charge in [-0.05, 0) is 14.1 Å². The molecular weight excluding hydrogens is 223 g/mol. The summed E-state index contributed by atoms with van der Waals surface area (Å²) in [5.74, 6) is 0. The fourth-order valence-electron chi connectivity index (χ4n) is 0.158. The largest absolute Gasteiger partial charge is 0.483 e. The van der Waals surface area contributed by atoms with E-state index in [1.807, 2.05) is 27.9 Å². The van der Waals surface area contributed by atoms with E-state index in [4.69, 9.17) is 0 Å². The van der Waals surface area contributed by atoms with Crippen LogP contribution in [-0.2, 0) is 32.7 Å². The summed E-state index contributed by atoms with van der Waals surface area (Å²) in [4.78, 5) is 2.07. The van der Waals surface area contributed by atoms with Gasteiger partial charge < -0.3 is 18.4 Å². The van der Waals surface area contributed by atoms with Crippen molar-refractivity contribution in [2.45, 2.75) is 33.2 Å². The van der Waals surface area contributed by atoms with Crippen molar-refractivity contribution in [3.8, 4) is 0 Å². The van der Waals surface area contributed by atoms with Crippen molar-refractivity contribution in [1.82, 2.24) is 4.90 Å².